The molecular formula is C13H14FN3S. The van der Waals surface area contributed by atoms with Crippen LogP contribution >= 0.6 is 11.8 Å². The standard InChI is InChI=1S/C13H14FN3S/c1-9(15)6-10-7-11(14)2-3-12(10)18-13-8-16-4-5-17-13/h2-5,7-9H,6,15H2,1H3. The zero-order chi connectivity index (χ0) is 13.0. The van der Waals surface area contributed by atoms with Gasteiger partial charge < -0.3 is 5.73 Å². The van der Waals surface area contributed by atoms with Crippen molar-refractivity contribution in [3.63, 3.8) is 0 Å². The van der Waals surface area contributed by atoms with E-state index in [1.165, 1.54) is 23.9 Å². The second kappa shape index (κ2) is 5.93. The second-order valence-electron chi connectivity index (χ2n) is 4.08. The van der Waals surface area contributed by atoms with Gasteiger partial charge in [0.25, 0.3) is 0 Å². The van der Waals surface area contributed by atoms with E-state index < -0.39 is 0 Å². The van der Waals surface area contributed by atoms with Crippen LogP contribution in [0.2, 0.25) is 0 Å². The predicted molar refractivity (Wildman–Crippen MR) is 69.9 cm³/mol. The topological polar surface area (TPSA) is 51.8 Å². The Morgan fingerprint density at radius 3 is 2.89 bits per heavy atom. The predicted octanol–water partition coefficient (Wildman–Crippen LogP) is 2.66. The number of hydrogen-bond acceptors (Lipinski definition) is 4. The van der Waals surface area contributed by atoms with Gasteiger partial charge in [0, 0.05) is 23.3 Å². The molecule has 0 bridgehead atoms. The average molecular weight is 263 g/mol. The van der Waals surface area contributed by atoms with Gasteiger partial charge in [0.2, 0.25) is 0 Å². The summed E-state index contributed by atoms with van der Waals surface area (Å²) in [5, 5.41) is 0.787. The molecule has 0 saturated carbocycles. The normalized spacial score (nSPS) is 12.4. The smallest absolute Gasteiger partial charge is 0.123 e. The van der Waals surface area contributed by atoms with Crippen molar-refractivity contribution in [2.45, 2.75) is 29.3 Å². The van der Waals surface area contributed by atoms with Crippen molar-refractivity contribution in [3.05, 3.63) is 48.2 Å². The highest BCUT2D eigenvalue weighted by Crippen LogP contribution is 2.29. The summed E-state index contributed by atoms with van der Waals surface area (Å²) in [6, 6.07) is 4.73. The Morgan fingerprint density at radius 2 is 2.22 bits per heavy atom. The SMILES string of the molecule is CC(N)Cc1cc(F)ccc1Sc1cnccn1. The molecule has 0 aliphatic rings. The monoisotopic (exact) mass is 263 g/mol. The van der Waals surface area contributed by atoms with Crippen molar-refractivity contribution in [3.8, 4) is 0 Å². The number of aromatic nitrogens is 2. The molecule has 1 unspecified atom stereocenters. The third-order valence-electron chi connectivity index (χ3n) is 2.32. The highest BCUT2D eigenvalue weighted by molar-refractivity contribution is 7.99. The molecule has 3 nitrogen and oxygen atoms in total. The molecule has 0 aliphatic carbocycles. The van der Waals surface area contributed by atoms with Crippen LogP contribution in [0.25, 0.3) is 0 Å². The van der Waals surface area contributed by atoms with E-state index in [1.54, 1.807) is 24.7 Å². The summed E-state index contributed by atoms with van der Waals surface area (Å²) >= 11 is 1.47. The van der Waals surface area contributed by atoms with Gasteiger partial charge in [-0.05, 0) is 37.1 Å². The van der Waals surface area contributed by atoms with Crippen molar-refractivity contribution >= 4 is 11.8 Å². The number of benzene rings is 1. The number of nitrogens with zero attached hydrogens (tertiary/aromatic N) is 2. The van der Waals surface area contributed by atoms with Crippen molar-refractivity contribution < 1.29 is 4.39 Å². The number of halogens is 1. The van der Waals surface area contributed by atoms with Crippen LogP contribution in [0, 0.1) is 5.82 Å². The van der Waals surface area contributed by atoms with Gasteiger partial charge in [-0.25, -0.2) is 9.37 Å². The summed E-state index contributed by atoms with van der Waals surface area (Å²) < 4.78 is 13.3. The lowest BCUT2D eigenvalue weighted by atomic mass is 10.1. The Hall–Kier alpha value is -1.46. The minimum absolute atomic E-state index is 0.00647. The maximum absolute atomic E-state index is 13.3. The summed E-state index contributed by atoms with van der Waals surface area (Å²) in [5.74, 6) is -0.242. The molecule has 0 spiro atoms. The van der Waals surface area contributed by atoms with Gasteiger partial charge in [0.05, 0.1) is 6.20 Å². The quantitative estimate of drug-likeness (QED) is 0.921. The Balaban J connectivity index is 2.26. The average Bonchev–Trinajstić information content (AvgIpc) is 2.33. The molecule has 1 atom stereocenters. The van der Waals surface area contributed by atoms with Gasteiger partial charge in [-0.3, -0.25) is 4.98 Å². The first-order valence-corrected chi connectivity index (χ1v) is 6.44. The molecule has 2 N–H and O–H groups in total. The van der Waals surface area contributed by atoms with Gasteiger partial charge in [-0.1, -0.05) is 11.8 Å². The molecule has 0 amide bonds. The van der Waals surface area contributed by atoms with Crippen LogP contribution in [0.5, 0.6) is 0 Å². The molecule has 0 radical (unpaired) electrons. The highest BCUT2D eigenvalue weighted by atomic mass is 32.2. The summed E-state index contributed by atoms with van der Waals surface area (Å²) in [6.07, 6.45) is 5.58. The van der Waals surface area contributed by atoms with Crippen molar-refractivity contribution in [1.82, 2.24) is 9.97 Å². The summed E-state index contributed by atoms with van der Waals surface area (Å²) in [5.41, 5.74) is 6.68. The van der Waals surface area contributed by atoms with E-state index in [2.05, 4.69) is 9.97 Å². The molecule has 1 aromatic heterocycles. The van der Waals surface area contributed by atoms with Gasteiger partial charge in [0.15, 0.2) is 0 Å². The molecule has 2 aromatic rings. The molecule has 5 heteroatoms. The number of nitrogens with two attached hydrogens (primary N) is 1. The van der Waals surface area contributed by atoms with Crippen molar-refractivity contribution in [2.75, 3.05) is 0 Å². The third kappa shape index (κ3) is 3.51. The van der Waals surface area contributed by atoms with E-state index in [0.29, 0.717) is 6.42 Å². The Kier molecular flexibility index (Phi) is 4.28. The fourth-order valence-corrected chi connectivity index (χ4v) is 2.47. The maximum Gasteiger partial charge on any atom is 0.123 e. The first-order chi connectivity index (χ1) is 8.65. The lowest BCUT2D eigenvalue weighted by Gasteiger charge is -2.11. The van der Waals surface area contributed by atoms with Crippen molar-refractivity contribution in [2.24, 2.45) is 5.73 Å². The van der Waals surface area contributed by atoms with Gasteiger partial charge in [0.1, 0.15) is 10.8 Å². The maximum atomic E-state index is 13.3. The fraction of sp³-hybridized carbons (Fsp3) is 0.231. The number of hydrogen-bond donors (Lipinski definition) is 1. The first kappa shape index (κ1) is 13.0. The van der Waals surface area contributed by atoms with E-state index in [4.69, 9.17) is 5.73 Å². The zero-order valence-corrected chi connectivity index (χ0v) is 10.8. The van der Waals surface area contributed by atoms with Gasteiger partial charge in [-0.15, -0.1) is 0 Å². The summed E-state index contributed by atoms with van der Waals surface area (Å²) in [6.45, 7) is 1.90. The highest BCUT2D eigenvalue weighted by Gasteiger charge is 2.08. The van der Waals surface area contributed by atoms with Crippen LogP contribution in [0.3, 0.4) is 0 Å². The van der Waals surface area contributed by atoms with E-state index in [1.807, 2.05) is 6.92 Å². The Morgan fingerprint density at radius 1 is 1.39 bits per heavy atom. The summed E-state index contributed by atoms with van der Waals surface area (Å²) in [4.78, 5) is 9.17. The summed E-state index contributed by atoms with van der Waals surface area (Å²) in [7, 11) is 0. The molecular weight excluding hydrogens is 249 g/mol. The fourth-order valence-electron chi connectivity index (χ4n) is 1.60. The van der Waals surface area contributed by atoms with Crippen LogP contribution < -0.4 is 5.73 Å². The molecule has 0 aliphatic heterocycles. The van der Waals surface area contributed by atoms with E-state index >= 15 is 0 Å². The first-order valence-electron chi connectivity index (χ1n) is 5.63. The van der Waals surface area contributed by atoms with E-state index in [-0.39, 0.29) is 11.9 Å². The number of rotatable bonds is 4. The zero-order valence-electron chi connectivity index (χ0n) is 10.0. The van der Waals surface area contributed by atoms with Crippen LogP contribution in [0.1, 0.15) is 12.5 Å². The molecule has 0 saturated heterocycles. The van der Waals surface area contributed by atoms with Crippen molar-refractivity contribution in [1.29, 1.82) is 0 Å². The Bertz CT molecular complexity index is 517. The van der Waals surface area contributed by atoms with Crippen LogP contribution in [0.4, 0.5) is 4.39 Å². The molecule has 0 fully saturated rings. The van der Waals surface area contributed by atoms with Crippen LogP contribution in [-0.4, -0.2) is 16.0 Å². The van der Waals surface area contributed by atoms with E-state index in [0.717, 1.165) is 15.5 Å². The molecule has 18 heavy (non-hydrogen) atoms. The van der Waals surface area contributed by atoms with Gasteiger partial charge >= 0.3 is 0 Å². The lowest BCUT2D eigenvalue weighted by molar-refractivity contribution is 0.620. The van der Waals surface area contributed by atoms with Gasteiger partial charge in [-0.2, -0.15) is 0 Å². The largest absolute Gasteiger partial charge is 0.328 e. The minimum Gasteiger partial charge on any atom is -0.328 e. The minimum atomic E-state index is -0.242. The third-order valence-corrected chi connectivity index (χ3v) is 3.36. The molecule has 1 aromatic carbocycles. The lowest BCUT2D eigenvalue weighted by Crippen LogP contribution is -2.18. The second-order valence-corrected chi connectivity index (χ2v) is 5.14. The molecule has 94 valence electrons. The molecule has 2 rings (SSSR count). The Labute approximate surface area is 110 Å². The van der Waals surface area contributed by atoms with E-state index in [9.17, 15) is 4.39 Å². The van der Waals surface area contributed by atoms with Crippen LogP contribution in [-0.2, 0) is 6.42 Å². The molecule has 1 heterocycles. The van der Waals surface area contributed by atoms with Crippen LogP contribution in [0.15, 0.2) is 46.7 Å².